The van der Waals surface area contributed by atoms with Crippen LogP contribution in [0.25, 0.3) is 11.4 Å². The molecule has 0 fully saturated rings. The predicted molar refractivity (Wildman–Crippen MR) is 80.7 cm³/mol. The van der Waals surface area contributed by atoms with Gasteiger partial charge in [-0.1, -0.05) is 12.1 Å². The number of carbonyl (C=O) groups excluding carboxylic acids is 1. The number of hydrogen-bond donors (Lipinski definition) is 2. The number of hydrogen-bond acceptors (Lipinski definition) is 5. The summed E-state index contributed by atoms with van der Waals surface area (Å²) in [5.74, 6) is 0.462. The van der Waals surface area contributed by atoms with Gasteiger partial charge in [0.15, 0.2) is 0 Å². The van der Waals surface area contributed by atoms with Crippen molar-refractivity contribution in [1.82, 2.24) is 25.5 Å². The molecule has 0 saturated heterocycles. The maximum Gasteiger partial charge on any atom is 0.238 e. The summed E-state index contributed by atoms with van der Waals surface area (Å²) in [5.41, 5.74) is 2.56. The minimum absolute atomic E-state index is 0.0421. The number of anilines is 1. The van der Waals surface area contributed by atoms with E-state index in [9.17, 15) is 4.79 Å². The number of aromatic nitrogens is 4. The minimum Gasteiger partial charge on any atom is -0.325 e. The van der Waals surface area contributed by atoms with Gasteiger partial charge in [-0.05, 0) is 44.7 Å². The molecule has 112 valence electrons. The molecule has 0 saturated carbocycles. The van der Waals surface area contributed by atoms with E-state index in [-0.39, 0.29) is 5.91 Å². The summed E-state index contributed by atoms with van der Waals surface area (Å²) >= 11 is 0. The van der Waals surface area contributed by atoms with Crippen molar-refractivity contribution in [1.29, 1.82) is 0 Å². The second-order valence-corrected chi connectivity index (χ2v) is 5.32. The van der Waals surface area contributed by atoms with E-state index in [0.29, 0.717) is 18.4 Å². The summed E-state index contributed by atoms with van der Waals surface area (Å²) < 4.78 is 0. The van der Waals surface area contributed by atoms with Crippen molar-refractivity contribution in [2.45, 2.75) is 26.8 Å². The molecule has 1 aromatic carbocycles. The fourth-order valence-electron chi connectivity index (χ4n) is 1.78. The molecule has 2 aromatic rings. The average molecular weight is 288 g/mol. The summed E-state index contributed by atoms with van der Waals surface area (Å²) in [6.45, 7) is 6.40. The van der Waals surface area contributed by atoms with E-state index < -0.39 is 0 Å². The first kappa shape index (κ1) is 15.1. The fraction of sp³-hybridized carbons (Fsp3) is 0.429. The van der Waals surface area contributed by atoms with Crippen LogP contribution >= 0.6 is 0 Å². The Hall–Kier alpha value is -2.28. The van der Waals surface area contributed by atoms with Gasteiger partial charge >= 0.3 is 0 Å². The normalized spacial score (nSPS) is 11.1. The number of likely N-dealkylation sites (N-methyl/N-ethyl adjacent to an activating group) is 1. The molecule has 0 unspecified atom stereocenters. The van der Waals surface area contributed by atoms with E-state index in [1.807, 2.05) is 37.1 Å². The monoisotopic (exact) mass is 288 g/mol. The molecule has 0 aliphatic carbocycles. The predicted octanol–water partition coefficient (Wildman–Crippen LogP) is 1.45. The van der Waals surface area contributed by atoms with Crippen molar-refractivity contribution in [3.63, 3.8) is 0 Å². The van der Waals surface area contributed by atoms with Crippen molar-refractivity contribution in [2.75, 3.05) is 18.9 Å². The average Bonchev–Trinajstić information content (AvgIpc) is 2.95. The molecule has 0 spiro atoms. The third kappa shape index (κ3) is 3.85. The van der Waals surface area contributed by atoms with Crippen LogP contribution in [0.15, 0.2) is 18.2 Å². The molecule has 0 atom stereocenters. The van der Waals surface area contributed by atoms with Gasteiger partial charge in [0.2, 0.25) is 11.7 Å². The Morgan fingerprint density at radius 1 is 1.43 bits per heavy atom. The van der Waals surface area contributed by atoms with Gasteiger partial charge in [-0.15, -0.1) is 10.2 Å². The van der Waals surface area contributed by atoms with Crippen LogP contribution in [0.2, 0.25) is 0 Å². The van der Waals surface area contributed by atoms with E-state index in [2.05, 4.69) is 39.8 Å². The first-order valence-electron chi connectivity index (χ1n) is 6.82. The SMILES string of the molecule is Cc1ccc(-c2nn[nH]n2)cc1NC(=O)CN(C)C(C)C. The number of aromatic amines is 1. The van der Waals surface area contributed by atoms with Crippen LogP contribution in [-0.4, -0.2) is 51.1 Å². The lowest BCUT2D eigenvalue weighted by molar-refractivity contribution is -0.117. The fourth-order valence-corrected chi connectivity index (χ4v) is 1.78. The third-order valence-corrected chi connectivity index (χ3v) is 3.39. The highest BCUT2D eigenvalue weighted by Gasteiger charge is 2.12. The summed E-state index contributed by atoms with van der Waals surface area (Å²) in [4.78, 5) is 14.1. The molecule has 0 aliphatic rings. The molecule has 21 heavy (non-hydrogen) atoms. The lowest BCUT2D eigenvalue weighted by atomic mass is 10.1. The second-order valence-electron chi connectivity index (χ2n) is 5.32. The van der Waals surface area contributed by atoms with Crippen LogP contribution in [0.1, 0.15) is 19.4 Å². The van der Waals surface area contributed by atoms with E-state index in [4.69, 9.17) is 0 Å². The van der Waals surface area contributed by atoms with Crippen molar-refractivity contribution >= 4 is 11.6 Å². The molecule has 2 rings (SSSR count). The zero-order chi connectivity index (χ0) is 15.4. The van der Waals surface area contributed by atoms with Crippen LogP contribution in [0.3, 0.4) is 0 Å². The van der Waals surface area contributed by atoms with Gasteiger partial charge in [-0.3, -0.25) is 9.69 Å². The highest BCUT2D eigenvalue weighted by molar-refractivity contribution is 5.93. The van der Waals surface area contributed by atoms with Gasteiger partial charge in [-0.25, -0.2) is 0 Å². The quantitative estimate of drug-likeness (QED) is 0.869. The highest BCUT2D eigenvalue weighted by atomic mass is 16.2. The van der Waals surface area contributed by atoms with Crippen LogP contribution in [0.4, 0.5) is 5.69 Å². The number of carbonyl (C=O) groups is 1. The van der Waals surface area contributed by atoms with Crippen LogP contribution in [0, 0.1) is 6.92 Å². The largest absolute Gasteiger partial charge is 0.325 e. The first-order chi connectivity index (χ1) is 9.97. The Kier molecular flexibility index (Phi) is 4.64. The van der Waals surface area contributed by atoms with Gasteiger partial charge in [0.05, 0.1) is 6.54 Å². The third-order valence-electron chi connectivity index (χ3n) is 3.39. The Labute approximate surface area is 123 Å². The maximum absolute atomic E-state index is 12.1. The summed E-state index contributed by atoms with van der Waals surface area (Å²) in [7, 11) is 1.92. The number of H-pyrrole nitrogens is 1. The van der Waals surface area contributed by atoms with Crippen molar-refractivity contribution in [2.24, 2.45) is 0 Å². The number of amides is 1. The van der Waals surface area contributed by atoms with Crippen molar-refractivity contribution in [3.8, 4) is 11.4 Å². The zero-order valence-electron chi connectivity index (χ0n) is 12.7. The van der Waals surface area contributed by atoms with E-state index in [1.165, 1.54) is 0 Å². The van der Waals surface area contributed by atoms with Gasteiger partial charge < -0.3 is 5.32 Å². The van der Waals surface area contributed by atoms with Crippen LogP contribution in [-0.2, 0) is 4.79 Å². The first-order valence-corrected chi connectivity index (χ1v) is 6.82. The maximum atomic E-state index is 12.1. The van der Waals surface area contributed by atoms with Gasteiger partial charge in [0, 0.05) is 17.3 Å². The number of aryl methyl sites for hydroxylation is 1. The van der Waals surface area contributed by atoms with Crippen LogP contribution < -0.4 is 5.32 Å². The highest BCUT2D eigenvalue weighted by Crippen LogP contribution is 2.22. The number of nitrogens with zero attached hydrogens (tertiary/aromatic N) is 4. The molecule has 0 radical (unpaired) electrons. The molecule has 1 amide bonds. The van der Waals surface area contributed by atoms with E-state index >= 15 is 0 Å². The summed E-state index contributed by atoms with van der Waals surface area (Å²) in [6.07, 6.45) is 0. The number of benzene rings is 1. The van der Waals surface area contributed by atoms with Gasteiger partial charge in [0.25, 0.3) is 0 Å². The van der Waals surface area contributed by atoms with Crippen LogP contribution in [0.5, 0.6) is 0 Å². The molecule has 7 nitrogen and oxygen atoms in total. The van der Waals surface area contributed by atoms with E-state index in [1.54, 1.807) is 0 Å². The molecule has 2 N–H and O–H groups in total. The molecule has 0 aliphatic heterocycles. The molecular weight excluding hydrogens is 268 g/mol. The van der Waals surface area contributed by atoms with Crippen molar-refractivity contribution < 1.29 is 4.79 Å². The summed E-state index contributed by atoms with van der Waals surface area (Å²) in [6, 6.07) is 6.00. The molecular formula is C14H20N6O. The molecule has 1 aromatic heterocycles. The number of rotatable bonds is 5. The lowest BCUT2D eigenvalue weighted by Crippen LogP contribution is -2.34. The standard InChI is InChI=1S/C14H20N6O/c1-9(2)20(4)8-13(21)15-12-7-11(6-5-10(12)3)14-16-18-19-17-14/h5-7,9H,8H2,1-4H3,(H,15,21)(H,16,17,18,19). The molecule has 0 bridgehead atoms. The Morgan fingerprint density at radius 3 is 2.81 bits per heavy atom. The van der Waals surface area contributed by atoms with Gasteiger partial charge in [0.1, 0.15) is 0 Å². The van der Waals surface area contributed by atoms with Crippen molar-refractivity contribution in [3.05, 3.63) is 23.8 Å². The minimum atomic E-state index is -0.0421. The Balaban J connectivity index is 2.12. The smallest absolute Gasteiger partial charge is 0.238 e. The lowest BCUT2D eigenvalue weighted by Gasteiger charge is -2.20. The number of nitrogens with one attached hydrogen (secondary N) is 2. The zero-order valence-corrected chi connectivity index (χ0v) is 12.7. The topological polar surface area (TPSA) is 86.8 Å². The number of tetrazole rings is 1. The molecule has 1 heterocycles. The Morgan fingerprint density at radius 2 is 2.19 bits per heavy atom. The van der Waals surface area contributed by atoms with E-state index in [0.717, 1.165) is 16.8 Å². The second kappa shape index (κ2) is 6.45. The van der Waals surface area contributed by atoms with Gasteiger partial charge in [-0.2, -0.15) is 5.21 Å². The Bertz CT molecular complexity index is 608. The summed E-state index contributed by atoms with van der Waals surface area (Å²) in [5, 5.41) is 16.8. The molecule has 7 heteroatoms.